The van der Waals surface area contributed by atoms with Crippen molar-refractivity contribution in [3.05, 3.63) is 90.1 Å². The number of rotatable bonds is 11. The van der Waals surface area contributed by atoms with Crippen LogP contribution in [0.4, 0.5) is 0 Å². The molecule has 2 heterocycles. The summed E-state index contributed by atoms with van der Waals surface area (Å²) in [6.07, 6.45) is 2.70. The van der Waals surface area contributed by atoms with Crippen LogP contribution >= 0.6 is 11.3 Å². The maximum Gasteiger partial charge on any atom is 0.338 e. The van der Waals surface area contributed by atoms with Gasteiger partial charge in [-0.3, -0.25) is 9.36 Å². The molecule has 1 aliphatic rings. The van der Waals surface area contributed by atoms with Gasteiger partial charge in [0.2, 0.25) is 0 Å². The van der Waals surface area contributed by atoms with E-state index in [4.69, 9.17) is 18.9 Å². The molecule has 1 aliphatic heterocycles. The zero-order valence-electron chi connectivity index (χ0n) is 25.6. The van der Waals surface area contributed by atoms with Crippen LogP contribution in [0, 0.1) is 11.8 Å². The smallest absolute Gasteiger partial charge is 0.338 e. The molecule has 9 nitrogen and oxygen atoms in total. The zero-order valence-corrected chi connectivity index (χ0v) is 26.4. The van der Waals surface area contributed by atoms with Crippen molar-refractivity contribution >= 4 is 29.4 Å². The predicted octanol–water partition coefficient (Wildman–Crippen LogP) is 4.65. The fourth-order valence-corrected chi connectivity index (χ4v) is 5.63. The number of carbonyl (C=O) groups excluding carboxylic acids is 2. The van der Waals surface area contributed by atoms with E-state index in [1.807, 2.05) is 32.0 Å². The van der Waals surface area contributed by atoms with Gasteiger partial charge in [0, 0.05) is 0 Å². The van der Waals surface area contributed by atoms with E-state index < -0.39 is 18.0 Å². The number of aromatic nitrogens is 1. The minimum absolute atomic E-state index is 0.132. The highest BCUT2D eigenvalue weighted by Gasteiger charge is 2.33. The molecule has 1 aromatic heterocycles. The first-order valence-electron chi connectivity index (χ1n) is 14.2. The van der Waals surface area contributed by atoms with Crippen molar-refractivity contribution in [2.45, 2.75) is 47.1 Å². The number of fused-ring (bicyclic) bond motifs is 1. The Balaban J connectivity index is 1.80. The minimum Gasteiger partial charge on any atom is -0.493 e. The third-order valence-corrected chi connectivity index (χ3v) is 7.86. The summed E-state index contributed by atoms with van der Waals surface area (Å²) in [7, 11) is 2.89. The Morgan fingerprint density at radius 3 is 2.35 bits per heavy atom. The van der Waals surface area contributed by atoms with Crippen molar-refractivity contribution in [2.24, 2.45) is 16.8 Å². The van der Waals surface area contributed by atoms with Crippen LogP contribution in [-0.2, 0) is 14.3 Å². The first kappa shape index (κ1) is 31.7. The van der Waals surface area contributed by atoms with Crippen LogP contribution in [0.2, 0.25) is 0 Å². The second-order valence-corrected chi connectivity index (χ2v) is 12.1. The molecule has 1 atom stereocenters. The molecule has 0 bridgehead atoms. The van der Waals surface area contributed by atoms with Gasteiger partial charge in [0.1, 0.15) is 0 Å². The average Bonchev–Trinajstić information content (AvgIpc) is 3.28. The van der Waals surface area contributed by atoms with E-state index in [1.54, 1.807) is 44.4 Å². The lowest BCUT2D eigenvalue weighted by Crippen LogP contribution is -2.40. The van der Waals surface area contributed by atoms with Crippen LogP contribution in [0.3, 0.4) is 0 Å². The highest BCUT2D eigenvalue weighted by Crippen LogP contribution is 2.32. The number of carbonyl (C=O) groups is 2. The van der Waals surface area contributed by atoms with Gasteiger partial charge in [0.25, 0.3) is 5.56 Å². The molecule has 228 valence electrons. The van der Waals surface area contributed by atoms with Crippen LogP contribution in [-0.4, -0.2) is 43.9 Å². The van der Waals surface area contributed by atoms with Crippen molar-refractivity contribution in [1.82, 2.24) is 4.57 Å². The lowest BCUT2D eigenvalue weighted by molar-refractivity contribution is -0.140. The third kappa shape index (κ3) is 7.25. The molecule has 0 spiro atoms. The summed E-state index contributed by atoms with van der Waals surface area (Å²) in [5.74, 6) is 0.840. The van der Waals surface area contributed by atoms with E-state index in [1.165, 1.54) is 23.0 Å². The molecule has 10 heteroatoms. The maximum absolute atomic E-state index is 14.0. The van der Waals surface area contributed by atoms with E-state index >= 15 is 0 Å². The summed E-state index contributed by atoms with van der Waals surface area (Å²) in [4.78, 5) is 44.5. The van der Waals surface area contributed by atoms with Crippen LogP contribution in [0.25, 0.3) is 6.08 Å². The Bertz CT molecular complexity index is 1700. The largest absolute Gasteiger partial charge is 0.493 e. The lowest BCUT2D eigenvalue weighted by Gasteiger charge is -2.25. The van der Waals surface area contributed by atoms with Gasteiger partial charge in [-0.05, 0) is 66.6 Å². The van der Waals surface area contributed by atoms with Crippen molar-refractivity contribution in [1.29, 1.82) is 0 Å². The summed E-state index contributed by atoms with van der Waals surface area (Å²) in [5.41, 5.74) is 2.18. The van der Waals surface area contributed by atoms with Crippen molar-refractivity contribution in [3.8, 4) is 11.5 Å². The van der Waals surface area contributed by atoms with Crippen molar-refractivity contribution in [2.75, 3.05) is 27.4 Å². The molecular formula is C33H38N2O7S. The summed E-state index contributed by atoms with van der Waals surface area (Å²) < 4.78 is 23.9. The lowest BCUT2D eigenvalue weighted by atomic mass is 9.95. The third-order valence-electron chi connectivity index (χ3n) is 6.88. The van der Waals surface area contributed by atoms with Crippen LogP contribution < -0.4 is 24.4 Å². The Kier molecular flexibility index (Phi) is 10.2. The fourth-order valence-electron chi connectivity index (χ4n) is 4.59. The van der Waals surface area contributed by atoms with Crippen LogP contribution in [0.5, 0.6) is 11.5 Å². The van der Waals surface area contributed by atoms with Gasteiger partial charge in [0.05, 0.1) is 54.8 Å². The number of benzene rings is 2. The molecule has 2 aromatic carbocycles. The summed E-state index contributed by atoms with van der Waals surface area (Å²) in [6.45, 7) is 10.7. The Morgan fingerprint density at radius 2 is 1.72 bits per heavy atom. The predicted molar refractivity (Wildman–Crippen MR) is 165 cm³/mol. The van der Waals surface area contributed by atoms with E-state index in [2.05, 4.69) is 18.8 Å². The van der Waals surface area contributed by atoms with Crippen molar-refractivity contribution in [3.63, 3.8) is 0 Å². The van der Waals surface area contributed by atoms with Gasteiger partial charge in [0.15, 0.2) is 16.3 Å². The second kappa shape index (κ2) is 13.9. The standard InChI is InChI=1S/C33H38N2O7S/c1-19(2)14-15-41-25-13-8-22(16-26(25)39-6)17-27-30(36)35-29(23-9-11-24(12-10-23)31(37)40-7)28(21(5)34-33(35)43-27)32(38)42-18-20(3)4/h8-13,16-17,19-20,29H,14-15,18H2,1-7H3. The monoisotopic (exact) mass is 606 g/mol. The van der Waals surface area contributed by atoms with Gasteiger partial charge in [-0.2, -0.15) is 0 Å². The van der Waals surface area contributed by atoms with Gasteiger partial charge in [-0.15, -0.1) is 0 Å². The summed E-state index contributed by atoms with van der Waals surface area (Å²) >= 11 is 1.23. The van der Waals surface area contributed by atoms with Gasteiger partial charge < -0.3 is 18.9 Å². The molecule has 0 N–H and O–H groups in total. The molecule has 0 fully saturated rings. The van der Waals surface area contributed by atoms with Crippen LogP contribution in [0.15, 0.2) is 63.5 Å². The van der Waals surface area contributed by atoms with Gasteiger partial charge in [-0.1, -0.05) is 57.2 Å². The second-order valence-electron chi connectivity index (χ2n) is 11.1. The molecule has 0 saturated heterocycles. The van der Waals surface area contributed by atoms with Gasteiger partial charge >= 0.3 is 11.9 Å². The number of methoxy groups -OCH3 is 2. The fraction of sp³-hybridized carbons (Fsp3) is 0.394. The average molecular weight is 607 g/mol. The first-order chi connectivity index (χ1) is 20.5. The topological polar surface area (TPSA) is 105 Å². The number of allylic oxidation sites excluding steroid dienone is 1. The Morgan fingerprint density at radius 1 is 1.00 bits per heavy atom. The molecule has 0 amide bonds. The summed E-state index contributed by atoms with van der Waals surface area (Å²) in [6, 6.07) is 11.4. The Hall–Kier alpha value is -4.18. The maximum atomic E-state index is 14.0. The van der Waals surface area contributed by atoms with E-state index in [9.17, 15) is 14.4 Å². The molecule has 3 aromatic rings. The van der Waals surface area contributed by atoms with Crippen LogP contribution in [0.1, 0.15) is 68.6 Å². The highest BCUT2D eigenvalue weighted by molar-refractivity contribution is 7.07. The number of hydrogen-bond acceptors (Lipinski definition) is 9. The molecule has 1 unspecified atom stereocenters. The molecule has 4 rings (SSSR count). The SMILES string of the molecule is COC(=O)c1ccc(C2C(C(=O)OCC(C)C)=C(C)N=c3sc(=Cc4ccc(OCCC(C)C)c(OC)c4)c(=O)n32)cc1. The number of hydrogen-bond donors (Lipinski definition) is 0. The molecule has 43 heavy (non-hydrogen) atoms. The molecular weight excluding hydrogens is 568 g/mol. The number of nitrogens with zero attached hydrogens (tertiary/aromatic N) is 2. The zero-order chi connectivity index (χ0) is 31.3. The van der Waals surface area contributed by atoms with E-state index in [-0.39, 0.29) is 23.7 Å². The minimum atomic E-state index is -0.795. The van der Waals surface area contributed by atoms with E-state index in [0.717, 1.165) is 12.0 Å². The number of ether oxygens (including phenoxy) is 4. The van der Waals surface area contributed by atoms with Crippen molar-refractivity contribution < 1.29 is 28.5 Å². The van der Waals surface area contributed by atoms with E-state index in [0.29, 0.717) is 50.2 Å². The number of thiazole rings is 1. The number of esters is 2. The summed E-state index contributed by atoms with van der Waals surface area (Å²) in [5, 5.41) is 0. The normalized spacial score (nSPS) is 14.9. The molecule has 0 saturated carbocycles. The Labute approximate surface area is 255 Å². The molecule has 0 aliphatic carbocycles. The first-order valence-corrected chi connectivity index (χ1v) is 15.0. The van der Waals surface area contributed by atoms with Gasteiger partial charge in [-0.25, -0.2) is 14.6 Å². The molecule has 0 radical (unpaired) electrons. The quantitative estimate of drug-likeness (QED) is 0.293. The highest BCUT2D eigenvalue weighted by atomic mass is 32.1.